The molecule has 0 saturated carbocycles. The van der Waals surface area contributed by atoms with Gasteiger partial charge in [-0.05, 0) is 37.5 Å². The summed E-state index contributed by atoms with van der Waals surface area (Å²) in [5.41, 5.74) is 6.84. The van der Waals surface area contributed by atoms with Crippen molar-refractivity contribution in [2.75, 3.05) is 0 Å². The molecule has 14 heavy (non-hydrogen) atoms. The van der Waals surface area contributed by atoms with Gasteiger partial charge in [-0.2, -0.15) is 0 Å². The Hall–Kier alpha value is -0.890. The van der Waals surface area contributed by atoms with Crippen LogP contribution in [-0.4, -0.2) is 5.54 Å². The van der Waals surface area contributed by atoms with Crippen molar-refractivity contribution in [1.29, 1.82) is 0 Å². The highest BCUT2D eigenvalue weighted by atomic mass is 19.1. The first-order chi connectivity index (χ1) is 6.53. The second-order valence-corrected chi connectivity index (χ2v) is 4.21. The fraction of sp³-hybridized carbons (Fsp3) is 0.500. The third-order valence-corrected chi connectivity index (χ3v) is 2.32. The fourth-order valence-corrected chi connectivity index (χ4v) is 1.77. The molecule has 1 aromatic carbocycles. The first kappa shape index (κ1) is 11.2. The molecule has 0 amide bonds. The molecule has 0 bridgehead atoms. The van der Waals surface area contributed by atoms with Crippen molar-refractivity contribution < 1.29 is 4.39 Å². The van der Waals surface area contributed by atoms with Crippen molar-refractivity contribution in [3.63, 3.8) is 0 Å². The van der Waals surface area contributed by atoms with Crippen molar-refractivity contribution in [3.05, 3.63) is 35.6 Å². The van der Waals surface area contributed by atoms with Crippen LogP contribution in [0.2, 0.25) is 0 Å². The van der Waals surface area contributed by atoms with E-state index < -0.39 is 0 Å². The van der Waals surface area contributed by atoms with Gasteiger partial charge in [-0.15, -0.1) is 0 Å². The van der Waals surface area contributed by atoms with Crippen LogP contribution in [0.5, 0.6) is 0 Å². The van der Waals surface area contributed by atoms with Crippen molar-refractivity contribution >= 4 is 0 Å². The summed E-state index contributed by atoms with van der Waals surface area (Å²) in [4.78, 5) is 0. The second-order valence-electron chi connectivity index (χ2n) is 4.21. The zero-order chi connectivity index (χ0) is 10.6. The van der Waals surface area contributed by atoms with Gasteiger partial charge in [-0.1, -0.05) is 25.5 Å². The molecule has 0 aromatic heterocycles. The van der Waals surface area contributed by atoms with E-state index in [1.807, 2.05) is 13.0 Å². The van der Waals surface area contributed by atoms with E-state index in [4.69, 9.17) is 5.73 Å². The molecule has 2 heteroatoms. The predicted molar refractivity (Wildman–Crippen MR) is 57.6 cm³/mol. The molecule has 1 nitrogen and oxygen atoms in total. The maximum atomic E-state index is 12.9. The normalized spacial score (nSPS) is 15.1. The average molecular weight is 195 g/mol. The molecule has 0 aliphatic rings. The van der Waals surface area contributed by atoms with Crippen molar-refractivity contribution in [1.82, 2.24) is 0 Å². The van der Waals surface area contributed by atoms with Gasteiger partial charge in [0.15, 0.2) is 0 Å². The monoisotopic (exact) mass is 195 g/mol. The van der Waals surface area contributed by atoms with Crippen molar-refractivity contribution in [2.24, 2.45) is 5.73 Å². The lowest BCUT2D eigenvalue weighted by Gasteiger charge is -2.24. The molecule has 0 radical (unpaired) electrons. The molecular formula is C12H18FN. The van der Waals surface area contributed by atoms with E-state index in [-0.39, 0.29) is 11.4 Å². The van der Waals surface area contributed by atoms with E-state index in [1.165, 1.54) is 6.07 Å². The first-order valence-corrected chi connectivity index (χ1v) is 5.07. The van der Waals surface area contributed by atoms with E-state index in [9.17, 15) is 4.39 Å². The van der Waals surface area contributed by atoms with Gasteiger partial charge in [0.2, 0.25) is 0 Å². The zero-order valence-electron chi connectivity index (χ0n) is 8.89. The minimum Gasteiger partial charge on any atom is -0.325 e. The van der Waals surface area contributed by atoms with Crippen LogP contribution >= 0.6 is 0 Å². The Morgan fingerprint density at radius 1 is 1.43 bits per heavy atom. The third-order valence-electron chi connectivity index (χ3n) is 2.32. The van der Waals surface area contributed by atoms with Crippen molar-refractivity contribution in [3.8, 4) is 0 Å². The summed E-state index contributed by atoms with van der Waals surface area (Å²) in [5.74, 6) is -0.185. The Labute approximate surface area is 85.1 Å². The van der Waals surface area contributed by atoms with Gasteiger partial charge in [0, 0.05) is 5.54 Å². The Morgan fingerprint density at radius 3 is 2.71 bits per heavy atom. The minimum absolute atomic E-state index is 0.185. The van der Waals surface area contributed by atoms with E-state index in [0.717, 1.165) is 24.8 Å². The van der Waals surface area contributed by atoms with Crippen LogP contribution in [0.3, 0.4) is 0 Å². The van der Waals surface area contributed by atoms with Crippen LogP contribution in [0.15, 0.2) is 24.3 Å². The van der Waals surface area contributed by atoms with Gasteiger partial charge in [-0.3, -0.25) is 0 Å². The van der Waals surface area contributed by atoms with Crippen LogP contribution in [0.4, 0.5) is 4.39 Å². The Morgan fingerprint density at radius 2 is 2.14 bits per heavy atom. The smallest absolute Gasteiger partial charge is 0.123 e. The number of hydrogen-bond acceptors (Lipinski definition) is 1. The standard InChI is InChI=1S/C12H18FN/c1-3-7-12(2,14)9-10-5-4-6-11(13)8-10/h4-6,8H,3,7,9,14H2,1-2H3. The highest BCUT2D eigenvalue weighted by molar-refractivity contribution is 5.18. The summed E-state index contributed by atoms with van der Waals surface area (Å²) >= 11 is 0. The van der Waals surface area contributed by atoms with Gasteiger partial charge < -0.3 is 5.73 Å². The molecule has 1 unspecified atom stereocenters. The summed E-state index contributed by atoms with van der Waals surface area (Å²) in [6, 6.07) is 6.66. The molecule has 0 heterocycles. The molecule has 1 atom stereocenters. The topological polar surface area (TPSA) is 26.0 Å². The lowest BCUT2D eigenvalue weighted by atomic mass is 9.90. The minimum atomic E-state index is -0.220. The van der Waals surface area contributed by atoms with Crippen LogP contribution < -0.4 is 5.73 Å². The highest BCUT2D eigenvalue weighted by Crippen LogP contribution is 2.16. The SMILES string of the molecule is CCCC(C)(N)Cc1cccc(F)c1. The first-order valence-electron chi connectivity index (χ1n) is 5.07. The van der Waals surface area contributed by atoms with Crippen LogP contribution in [0, 0.1) is 5.82 Å². The predicted octanol–water partition coefficient (Wildman–Crippen LogP) is 2.89. The van der Waals surface area contributed by atoms with Crippen LogP contribution in [-0.2, 0) is 6.42 Å². The summed E-state index contributed by atoms with van der Waals surface area (Å²) in [6.07, 6.45) is 2.75. The quantitative estimate of drug-likeness (QED) is 0.785. The average Bonchev–Trinajstić information content (AvgIpc) is 2.02. The third kappa shape index (κ3) is 3.46. The molecule has 78 valence electrons. The maximum absolute atomic E-state index is 12.9. The summed E-state index contributed by atoms with van der Waals surface area (Å²) in [7, 11) is 0. The van der Waals surface area contributed by atoms with Crippen LogP contribution in [0.1, 0.15) is 32.3 Å². The molecule has 0 aliphatic carbocycles. The lowest BCUT2D eigenvalue weighted by Crippen LogP contribution is -2.38. The largest absolute Gasteiger partial charge is 0.325 e. The summed E-state index contributed by atoms with van der Waals surface area (Å²) in [5, 5.41) is 0. The number of nitrogens with two attached hydrogens (primary N) is 1. The van der Waals surface area contributed by atoms with Crippen LogP contribution in [0.25, 0.3) is 0 Å². The van der Waals surface area contributed by atoms with Gasteiger partial charge >= 0.3 is 0 Å². The molecule has 1 aromatic rings. The van der Waals surface area contributed by atoms with Gasteiger partial charge in [0.25, 0.3) is 0 Å². The Balaban J connectivity index is 2.68. The van der Waals surface area contributed by atoms with Gasteiger partial charge in [0.05, 0.1) is 0 Å². The number of rotatable bonds is 4. The second kappa shape index (κ2) is 4.56. The number of hydrogen-bond donors (Lipinski definition) is 1. The maximum Gasteiger partial charge on any atom is 0.123 e. The van der Waals surface area contributed by atoms with E-state index in [0.29, 0.717) is 0 Å². The number of halogens is 1. The molecule has 0 spiro atoms. The zero-order valence-corrected chi connectivity index (χ0v) is 8.89. The molecule has 0 aliphatic heterocycles. The molecule has 2 N–H and O–H groups in total. The van der Waals surface area contributed by atoms with E-state index >= 15 is 0 Å². The summed E-state index contributed by atoms with van der Waals surface area (Å²) in [6.45, 7) is 4.12. The summed E-state index contributed by atoms with van der Waals surface area (Å²) < 4.78 is 12.9. The van der Waals surface area contributed by atoms with E-state index in [2.05, 4.69) is 6.92 Å². The fourth-order valence-electron chi connectivity index (χ4n) is 1.77. The lowest BCUT2D eigenvalue weighted by molar-refractivity contribution is 0.424. The molecule has 0 fully saturated rings. The van der Waals surface area contributed by atoms with E-state index in [1.54, 1.807) is 12.1 Å². The number of benzene rings is 1. The Bertz CT molecular complexity index is 294. The van der Waals surface area contributed by atoms with Crippen molar-refractivity contribution in [2.45, 2.75) is 38.6 Å². The van der Waals surface area contributed by atoms with Gasteiger partial charge in [-0.25, -0.2) is 4.39 Å². The van der Waals surface area contributed by atoms with Gasteiger partial charge in [0.1, 0.15) is 5.82 Å². The molecule has 1 rings (SSSR count). The molecule has 0 saturated heterocycles. The Kier molecular flexibility index (Phi) is 3.64. The highest BCUT2D eigenvalue weighted by Gasteiger charge is 2.17. The molecular weight excluding hydrogens is 177 g/mol.